The first-order valence-electron chi connectivity index (χ1n) is 6.61. The number of hydrogen-bond donors (Lipinski definition) is 3. The highest BCUT2D eigenvalue weighted by molar-refractivity contribution is 7.80. The molecule has 2 aromatic carbocycles. The highest BCUT2D eigenvalue weighted by Crippen LogP contribution is 2.18. The molecular formula is C16H17N3OS. The lowest BCUT2D eigenvalue weighted by Gasteiger charge is -2.11. The van der Waals surface area contributed by atoms with E-state index in [0.717, 1.165) is 16.3 Å². The lowest BCUT2D eigenvalue weighted by molar-refractivity contribution is -0.120. The van der Waals surface area contributed by atoms with E-state index in [4.69, 9.17) is 12.2 Å². The van der Waals surface area contributed by atoms with Crippen LogP contribution in [0.4, 0.5) is 0 Å². The quantitative estimate of drug-likeness (QED) is 0.459. The molecule has 5 heteroatoms. The molecule has 0 fully saturated rings. The van der Waals surface area contributed by atoms with Gasteiger partial charge in [0.15, 0.2) is 5.11 Å². The fourth-order valence-corrected chi connectivity index (χ4v) is 2.13. The van der Waals surface area contributed by atoms with Crippen LogP contribution in [0.25, 0.3) is 10.8 Å². The average molecular weight is 299 g/mol. The van der Waals surface area contributed by atoms with E-state index in [1.807, 2.05) is 42.5 Å². The van der Waals surface area contributed by atoms with Crippen molar-refractivity contribution in [3.63, 3.8) is 0 Å². The van der Waals surface area contributed by atoms with E-state index in [1.54, 1.807) is 6.08 Å². The van der Waals surface area contributed by atoms with Crippen molar-refractivity contribution in [1.29, 1.82) is 0 Å². The molecule has 0 aliphatic heterocycles. The Bertz CT molecular complexity index is 664. The third kappa shape index (κ3) is 4.29. The minimum absolute atomic E-state index is 0.144. The predicted octanol–water partition coefficient (Wildman–Crippen LogP) is 2.06. The predicted molar refractivity (Wildman–Crippen MR) is 89.7 cm³/mol. The van der Waals surface area contributed by atoms with E-state index >= 15 is 0 Å². The minimum atomic E-state index is -0.144. The van der Waals surface area contributed by atoms with Gasteiger partial charge in [-0.05, 0) is 28.6 Å². The van der Waals surface area contributed by atoms with Crippen molar-refractivity contribution < 1.29 is 4.79 Å². The van der Waals surface area contributed by atoms with Crippen LogP contribution >= 0.6 is 12.2 Å². The minimum Gasteiger partial charge on any atom is -0.358 e. The number of fused-ring (bicyclic) bond motifs is 1. The molecule has 3 N–H and O–H groups in total. The number of thiocarbonyl (C=S) groups is 1. The molecule has 0 aromatic heterocycles. The smallest absolute Gasteiger partial charge is 0.242 e. The number of nitrogens with one attached hydrogen (secondary N) is 3. The molecule has 0 bridgehead atoms. The van der Waals surface area contributed by atoms with Crippen LogP contribution < -0.4 is 16.2 Å². The first kappa shape index (κ1) is 15.0. The van der Waals surface area contributed by atoms with E-state index in [-0.39, 0.29) is 5.91 Å². The Morgan fingerprint density at radius 3 is 2.71 bits per heavy atom. The van der Waals surface area contributed by atoms with Crippen LogP contribution in [0, 0.1) is 0 Å². The van der Waals surface area contributed by atoms with Crippen LogP contribution in [-0.2, 0) is 11.2 Å². The molecule has 1 amide bonds. The number of benzene rings is 2. The van der Waals surface area contributed by atoms with Crippen LogP contribution in [0.15, 0.2) is 55.1 Å². The molecule has 4 nitrogen and oxygen atoms in total. The first-order chi connectivity index (χ1) is 10.2. The Morgan fingerprint density at radius 2 is 1.90 bits per heavy atom. The highest BCUT2D eigenvalue weighted by Gasteiger charge is 2.06. The summed E-state index contributed by atoms with van der Waals surface area (Å²) in [5, 5.41) is 5.44. The van der Waals surface area contributed by atoms with Crippen molar-refractivity contribution >= 4 is 34.0 Å². The number of carbonyl (C=O) groups is 1. The molecule has 0 saturated heterocycles. The van der Waals surface area contributed by atoms with Gasteiger partial charge in [-0.15, -0.1) is 6.58 Å². The fourth-order valence-electron chi connectivity index (χ4n) is 2.00. The number of hydrogen-bond acceptors (Lipinski definition) is 2. The Kier molecular flexibility index (Phi) is 5.29. The monoisotopic (exact) mass is 299 g/mol. The molecular weight excluding hydrogens is 282 g/mol. The van der Waals surface area contributed by atoms with Gasteiger partial charge in [-0.2, -0.15) is 0 Å². The van der Waals surface area contributed by atoms with E-state index in [2.05, 4.69) is 22.7 Å². The lowest BCUT2D eigenvalue weighted by Crippen LogP contribution is -2.47. The SMILES string of the molecule is C=CCNC(=S)NNC(=O)Cc1cccc2ccccc12. The normalized spacial score (nSPS) is 9.90. The maximum absolute atomic E-state index is 12.0. The van der Waals surface area contributed by atoms with Crippen molar-refractivity contribution in [3.05, 3.63) is 60.7 Å². The highest BCUT2D eigenvalue weighted by atomic mass is 32.1. The Labute approximate surface area is 129 Å². The van der Waals surface area contributed by atoms with Crippen LogP contribution in [-0.4, -0.2) is 17.6 Å². The molecule has 0 aliphatic carbocycles. The van der Waals surface area contributed by atoms with Gasteiger partial charge in [0.2, 0.25) is 5.91 Å². The third-order valence-electron chi connectivity index (χ3n) is 2.95. The van der Waals surface area contributed by atoms with Crippen LogP contribution in [0.3, 0.4) is 0 Å². The maximum Gasteiger partial charge on any atom is 0.242 e. The molecule has 2 aromatic rings. The second-order valence-electron chi connectivity index (χ2n) is 4.49. The molecule has 2 rings (SSSR count). The molecule has 0 unspecified atom stereocenters. The van der Waals surface area contributed by atoms with Gasteiger partial charge in [-0.1, -0.05) is 48.5 Å². The van der Waals surface area contributed by atoms with Crippen LogP contribution in [0.1, 0.15) is 5.56 Å². The van der Waals surface area contributed by atoms with Gasteiger partial charge >= 0.3 is 0 Å². The Hall–Kier alpha value is -2.40. The second kappa shape index (κ2) is 7.40. The largest absolute Gasteiger partial charge is 0.358 e. The van der Waals surface area contributed by atoms with Gasteiger partial charge in [0, 0.05) is 6.54 Å². The standard InChI is InChI=1S/C16H17N3OS/c1-2-10-17-16(21)19-18-15(20)11-13-8-5-7-12-6-3-4-9-14(12)13/h2-9H,1,10-11H2,(H,18,20)(H2,17,19,21). The van der Waals surface area contributed by atoms with E-state index in [0.29, 0.717) is 18.1 Å². The summed E-state index contributed by atoms with van der Waals surface area (Å²) in [5.41, 5.74) is 6.22. The van der Waals surface area contributed by atoms with E-state index in [1.165, 1.54) is 0 Å². The summed E-state index contributed by atoms with van der Waals surface area (Å²) in [6.07, 6.45) is 1.98. The number of carbonyl (C=O) groups excluding carboxylic acids is 1. The summed E-state index contributed by atoms with van der Waals surface area (Å²) in [4.78, 5) is 12.0. The first-order valence-corrected chi connectivity index (χ1v) is 7.02. The Morgan fingerprint density at radius 1 is 1.14 bits per heavy atom. The zero-order chi connectivity index (χ0) is 15.1. The summed E-state index contributed by atoms with van der Waals surface area (Å²) in [6.45, 7) is 4.12. The second-order valence-corrected chi connectivity index (χ2v) is 4.90. The third-order valence-corrected chi connectivity index (χ3v) is 3.20. The summed E-state index contributed by atoms with van der Waals surface area (Å²) < 4.78 is 0. The zero-order valence-electron chi connectivity index (χ0n) is 11.6. The number of amides is 1. The summed E-state index contributed by atoms with van der Waals surface area (Å²) in [5.74, 6) is -0.144. The van der Waals surface area contributed by atoms with Crippen molar-refractivity contribution in [2.45, 2.75) is 6.42 Å². The van der Waals surface area contributed by atoms with Crippen LogP contribution in [0.2, 0.25) is 0 Å². The Balaban J connectivity index is 1.95. The molecule has 0 spiro atoms. The van der Waals surface area contributed by atoms with Gasteiger partial charge in [0.1, 0.15) is 0 Å². The van der Waals surface area contributed by atoms with Crippen molar-refractivity contribution in [3.8, 4) is 0 Å². The van der Waals surface area contributed by atoms with E-state index in [9.17, 15) is 4.79 Å². The zero-order valence-corrected chi connectivity index (χ0v) is 12.4. The van der Waals surface area contributed by atoms with Gasteiger partial charge in [-0.25, -0.2) is 0 Å². The number of rotatable bonds is 4. The van der Waals surface area contributed by atoms with Crippen LogP contribution in [0.5, 0.6) is 0 Å². The van der Waals surface area contributed by atoms with Gasteiger partial charge < -0.3 is 5.32 Å². The molecule has 0 aliphatic rings. The van der Waals surface area contributed by atoms with Crippen molar-refractivity contribution in [2.75, 3.05) is 6.54 Å². The van der Waals surface area contributed by atoms with E-state index < -0.39 is 0 Å². The average Bonchev–Trinajstić information content (AvgIpc) is 2.51. The summed E-state index contributed by atoms with van der Waals surface area (Å²) >= 11 is 4.99. The van der Waals surface area contributed by atoms with Crippen molar-refractivity contribution in [1.82, 2.24) is 16.2 Å². The molecule has 108 valence electrons. The van der Waals surface area contributed by atoms with Gasteiger partial charge in [0.05, 0.1) is 6.42 Å². The lowest BCUT2D eigenvalue weighted by atomic mass is 10.0. The molecule has 0 radical (unpaired) electrons. The summed E-state index contributed by atoms with van der Waals surface area (Å²) in [6, 6.07) is 13.9. The maximum atomic E-state index is 12.0. The number of hydrazine groups is 1. The fraction of sp³-hybridized carbons (Fsp3) is 0.125. The molecule has 0 saturated carbocycles. The van der Waals surface area contributed by atoms with Gasteiger partial charge in [0.25, 0.3) is 0 Å². The molecule has 0 heterocycles. The molecule has 21 heavy (non-hydrogen) atoms. The summed E-state index contributed by atoms with van der Waals surface area (Å²) in [7, 11) is 0. The van der Waals surface area contributed by atoms with Gasteiger partial charge in [-0.3, -0.25) is 15.6 Å². The molecule has 0 atom stereocenters. The topological polar surface area (TPSA) is 53.2 Å². The van der Waals surface area contributed by atoms with Crippen molar-refractivity contribution in [2.24, 2.45) is 0 Å².